The summed E-state index contributed by atoms with van der Waals surface area (Å²) >= 11 is 0. The lowest BCUT2D eigenvalue weighted by Crippen LogP contribution is -2.20. The van der Waals surface area contributed by atoms with Crippen molar-refractivity contribution in [1.29, 1.82) is 0 Å². The van der Waals surface area contributed by atoms with E-state index in [-0.39, 0.29) is 0 Å². The van der Waals surface area contributed by atoms with Crippen LogP contribution in [0.1, 0.15) is 38.7 Å². The molecule has 0 aliphatic heterocycles. The molecule has 1 unspecified atom stereocenters. The summed E-state index contributed by atoms with van der Waals surface area (Å²) in [5, 5.41) is 3.41. The zero-order valence-corrected chi connectivity index (χ0v) is 10.7. The first-order chi connectivity index (χ1) is 7.83. The van der Waals surface area contributed by atoms with E-state index in [2.05, 4.69) is 49.5 Å². The average molecular weight is 219 g/mol. The van der Waals surface area contributed by atoms with Crippen LogP contribution in [0.15, 0.2) is 30.3 Å². The van der Waals surface area contributed by atoms with Crippen molar-refractivity contribution in [2.45, 2.75) is 39.5 Å². The van der Waals surface area contributed by atoms with E-state index >= 15 is 0 Å². The van der Waals surface area contributed by atoms with Gasteiger partial charge in [-0.15, -0.1) is 0 Å². The normalized spacial score (nSPS) is 12.6. The zero-order chi connectivity index (χ0) is 11.6. The van der Waals surface area contributed by atoms with Crippen molar-refractivity contribution in [3.05, 3.63) is 35.9 Å². The van der Waals surface area contributed by atoms with E-state index in [1.54, 1.807) is 0 Å². The van der Waals surface area contributed by atoms with Gasteiger partial charge in [-0.3, -0.25) is 0 Å². The van der Waals surface area contributed by atoms with Crippen molar-refractivity contribution < 1.29 is 0 Å². The highest BCUT2D eigenvalue weighted by Crippen LogP contribution is 2.10. The van der Waals surface area contributed by atoms with Gasteiger partial charge in [0.1, 0.15) is 0 Å². The summed E-state index contributed by atoms with van der Waals surface area (Å²) in [6.07, 6.45) is 5.25. The Balaban J connectivity index is 2.03. The molecule has 0 aromatic heterocycles. The monoisotopic (exact) mass is 219 g/mol. The van der Waals surface area contributed by atoms with E-state index in [1.165, 1.54) is 37.8 Å². The first kappa shape index (κ1) is 13.2. The van der Waals surface area contributed by atoms with Gasteiger partial charge in [0, 0.05) is 0 Å². The summed E-state index contributed by atoms with van der Waals surface area (Å²) in [4.78, 5) is 0. The molecular weight excluding hydrogens is 194 g/mol. The second kappa shape index (κ2) is 8.35. The Morgan fingerprint density at radius 1 is 1.12 bits per heavy atom. The highest BCUT2D eigenvalue weighted by Gasteiger charge is 2.00. The topological polar surface area (TPSA) is 12.0 Å². The number of hydrogen-bond acceptors (Lipinski definition) is 1. The lowest BCUT2D eigenvalue weighted by Gasteiger charge is -2.11. The van der Waals surface area contributed by atoms with Crippen LogP contribution in [0.2, 0.25) is 0 Å². The van der Waals surface area contributed by atoms with Crippen LogP contribution < -0.4 is 5.32 Å². The molecule has 0 fully saturated rings. The summed E-state index contributed by atoms with van der Waals surface area (Å²) < 4.78 is 0. The third kappa shape index (κ3) is 5.92. The van der Waals surface area contributed by atoms with E-state index in [4.69, 9.17) is 0 Å². The number of hydrogen-bond donors (Lipinski definition) is 1. The molecule has 90 valence electrons. The Morgan fingerprint density at radius 2 is 1.88 bits per heavy atom. The Hall–Kier alpha value is -0.820. The summed E-state index contributed by atoms with van der Waals surface area (Å²) in [5.74, 6) is 0.815. The Labute approximate surface area is 100 Å². The third-order valence-electron chi connectivity index (χ3n) is 3.00. The van der Waals surface area contributed by atoms with Gasteiger partial charge in [0.25, 0.3) is 0 Å². The molecule has 16 heavy (non-hydrogen) atoms. The van der Waals surface area contributed by atoms with Crippen molar-refractivity contribution in [2.24, 2.45) is 5.92 Å². The molecule has 0 spiro atoms. The predicted octanol–water partition coefficient (Wildman–Crippen LogP) is 3.65. The van der Waals surface area contributed by atoms with Gasteiger partial charge >= 0.3 is 0 Å². The Kier molecular flexibility index (Phi) is 6.91. The minimum absolute atomic E-state index is 0.815. The lowest BCUT2D eigenvalue weighted by molar-refractivity contribution is 0.465. The Morgan fingerprint density at radius 3 is 2.56 bits per heavy atom. The largest absolute Gasteiger partial charge is 0.317 e. The van der Waals surface area contributed by atoms with E-state index in [0.29, 0.717) is 0 Å². The molecule has 1 nitrogen and oxygen atoms in total. The molecule has 1 heteroatoms. The molecule has 1 aromatic rings. The maximum Gasteiger partial charge on any atom is -0.00233 e. The summed E-state index contributed by atoms with van der Waals surface area (Å²) in [6, 6.07) is 10.8. The molecule has 0 saturated carbocycles. The molecule has 0 radical (unpaired) electrons. The van der Waals surface area contributed by atoms with Crippen molar-refractivity contribution in [2.75, 3.05) is 13.1 Å². The number of benzene rings is 1. The van der Waals surface area contributed by atoms with Gasteiger partial charge in [-0.2, -0.15) is 0 Å². The van der Waals surface area contributed by atoms with Crippen LogP contribution in [0.25, 0.3) is 0 Å². The standard InChI is InChI=1S/C15H25N/c1-3-16-13-14(2)9-7-8-12-15-10-5-4-6-11-15/h4-6,10-11,14,16H,3,7-9,12-13H2,1-2H3. The number of rotatable bonds is 8. The summed E-state index contributed by atoms with van der Waals surface area (Å²) in [7, 11) is 0. The van der Waals surface area contributed by atoms with Crippen LogP contribution in [0.5, 0.6) is 0 Å². The van der Waals surface area contributed by atoms with Gasteiger partial charge < -0.3 is 5.32 Å². The molecule has 1 atom stereocenters. The quantitative estimate of drug-likeness (QED) is 0.658. The van der Waals surface area contributed by atoms with Crippen molar-refractivity contribution in [3.63, 3.8) is 0 Å². The highest BCUT2D eigenvalue weighted by atomic mass is 14.8. The minimum Gasteiger partial charge on any atom is -0.317 e. The fourth-order valence-corrected chi connectivity index (χ4v) is 1.96. The molecule has 1 aromatic carbocycles. The van der Waals surface area contributed by atoms with Crippen LogP contribution in [-0.2, 0) is 6.42 Å². The molecule has 0 amide bonds. The number of aryl methyl sites for hydroxylation is 1. The predicted molar refractivity (Wildman–Crippen MR) is 71.7 cm³/mol. The van der Waals surface area contributed by atoms with Crippen LogP contribution >= 0.6 is 0 Å². The van der Waals surface area contributed by atoms with Gasteiger partial charge in [0.15, 0.2) is 0 Å². The Bertz CT molecular complexity index is 255. The van der Waals surface area contributed by atoms with E-state index in [9.17, 15) is 0 Å². The number of nitrogens with one attached hydrogen (secondary N) is 1. The molecule has 1 rings (SSSR count). The second-order valence-electron chi connectivity index (χ2n) is 4.64. The van der Waals surface area contributed by atoms with E-state index in [1.807, 2.05) is 0 Å². The van der Waals surface area contributed by atoms with Crippen LogP contribution in [0.3, 0.4) is 0 Å². The molecule has 1 N–H and O–H groups in total. The van der Waals surface area contributed by atoms with Crippen molar-refractivity contribution in [3.8, 4) is 0 Å². The molecule has 0 aliphatic carbocycles. The van der Waals surface area contributed by atoms with Crippen molar-refractivity contribution in [1.82, 2.24) is 5.32 Å². The van der Waals surface area contributed by atoms with Gasteiger partial charge in [-0.1, -0.05) is 50.6 Å². The van der Waals surface area contributed by atoms with Gasteiger partial charge in [-0.25, -0.2) is 0 Å². The van der Waals surface area contributed by atoms with E-state index < -0.39 is 0 Å². The first-order valence-electron chi connectivity index (χ1n) is 6.57. The fourth-order valence-electron chi connectivity index (χ4n) is 1.96. The van der Waals surface area contributed by atoms with E-state index in [0.717, 1.165) is 12.5 Å². The van der Waals surface area contributed by atoms with Gasteiger partial charge in [0.2, 0.25) is 0 Å². The number of unbranched alkanes of at least 4 members (excludes halogenated alkanes) is 1. The lowest BCUT2D eigenvalue weighted by atomic mass is 10.0. The van der Waals surface area contributed by atoms with Crippen molar-refractivity contribution >= 4 is 0 Å². The minimum atomic E-state index is 0.815. The van der Waals surface area contributed by atoms with Crippen LogP contribution in [-0.4, -0.2) is 13.1 Å². The smallest absolute Gasteiger partial charge is 0.00233 e. The third-order valence-corrected chi connectivity index (χ3v) is 3.00. The maximum atomic E-state index is 3.41. The molecule has 0 aliphatic rings. The molecule has 0 saturated heterocycles. The second-order valence-corrected chi connectivity index (χ2v) is 4.64. The van der Waals surface area contributed by atoms with Crippen LogP contribution in [0, 0.1) is 5.92 Å². The molecular formula is C15H25N. The maximum absolute atomic E-state index is 3.41. The van der Waals surface area contributed by atoms with Crippen LogP contribution in [0.4, 0.5) is 0 Å². The summed E-state index contributed by atoms with van der Waals surface area (Å²) in [5.41, 5.74) is 1.47. The highest BCUT2D eigenvalue weighted by molar-refractivity contribution is 5.14. The average Bonchev–Trinajstić information content (AvgIpc) is 2.33. The zero-order valence-electron chi connectivity index (χ0n) is 10.7. The molecule has 0 heterocycles. The fraction of sp³-hybridized carbons (Fsp3) is 0.600. The molecule has 0 bridgehead atoms. The van der Waals surface area contributed by atoms with Gasteiger partial charge in [0.05, 0.1) is 0 Å². The summed E-state index contributed by atoms with van der Waals surface area (Å²) in [6.45, 7) is 6.77. The van der Waals surface area contributed by atoms with Gasteiger partial charge in [-0.05, 0) is 43.8 Å². The SMILES string of the molecule is CCNCC(C)CCCCc1ccccc1. The first-order valence-corrected chi connectivity index (χ1v) is 6.57.